The highest BCUT2D eigenvalue weighted by Gasteiger charge is 1.69. The molecule has 0 aliphatic rings. The molecule has 0 rings (SSSR count). The maximum Gasteiger partial charge on any atom is 0.0483 e. The molecule has 3 N–H and O–H groups in total. The first kappa shape index (κ1) is 64.6. The van der Waals surface area contributed by atoms with Gasteiger partial charge in [0.05, 0.1) is 0 Å². The number of hydrogen-bond donors (Lipinski definition) is 3. The molecule has 0 aliphatic heterocycles. The molecule has 0 fully saturated rings. The number of unbranched alkanes of at least 4 members (excludes halogenated alkanes) is 1. The van der Waals surface area contributed by atoms with Crippen LogP contribution in [0, 0.1) is 0 Å². The normalized spacial score (nSPS) is 7.03. The fourth-order valence-electron chi connectivity index (χ4n) is 0.408. The maximum absolute atomic E-state index is 8.06. The van der Waals surface area contributed by atoms with Crippen LogP contribution >= 0.6 is 0 Å². The van der Waals surface area contributed by atoms with Crippen molar-refractivity contribution < 1.29 is 34.3 Å². The lowest BCUT2D eigenvalue weighted by atomic mass is 10.4. The van der Waals surface area contributed by atoms with Crippen LogP contribution in [0.1, 0.15) is 116 Å². The third kappa shape index (κ3) is 1040. The summed E-state index contributed by atoms with van der Waals surface area (Å²) < 4.78 is 18.3. The van der Waals surface area contributed by atoms with Crippen LogP contribution in [0.4, 0.5) is 0 Å². The molecule has 0 aromatic carbocycles. The van der Waals surface area contributed by atoms with Gasteiger partial charge >= 0.3 is 0 Å². The predicted octanol–water partition coefficient (Wildman–Crippen LogP) is 7.24. The van der Waals surface area contributed by atoms with Gasteiger partial charge in [-0.15, -0.1) is 0 Å². The van der Waals surface area contributed by atoms with Gasteiger partial charge in [0.15, 0.2) is 0 Å². The molecule has 0 radical (unpaired) electrons. The summed E-state index contributed by atoms with van der Waals surface area (Å²) in [5.74, 6) is 0. The molecule has 0 saturated carbocycles. The first-order chi connectivity index (χ1) is 16.6. The van der Waals surface area contributed by atoms with Crippen LogP contribution in [0.3, 0.4) is 0 Å². The molecule has 0 atom stereocenters. The molecule has 0 saturated heterocycles. The second-order valence-electron chi connectivity index (χ2n) is 5.88. The van der Waals surface area contributed by atoms with E-state index in [1.54, 1.807) is 49.2 Å². The van der Waals surface area contributed by atoms with E-state index in [9.17, 15) is 0 Å². The summed E-state index contributed by atoms with van der Waals surface area (Å²) >= 11 is 0. The number of rotatable bonds is 6. The summed E-state index contributed by atoms with van der Waals surface area (Å²) in [7, 11) is 7.64. The first-order valence-corrected chi connectivity index (χ1v) is 13.3. The molecule has 0 aliphatic carbocycles. The lowest BCUT2D eigenvalue weighted by Crippen LogP contribution is -1.85. The van der Waals surface area contributed by atoms with Crippen molar-refractivity contribution in [3.8, 4) is 0 Å². The Bertz CT molecular complexity index is 126. The van der Waals surface area contributed by atoms with Crippen molar-refractivity contribution in [2.75, 3.05) is 68.6 Å². The van der Waals surface area contributed by atoms with Gasteiger partial charge in [0.1, 0.15) is 0 Å². The predicted molar refractivity (Wildman–Crippen MR) is 161 cm³/mol. The van der Waals surface area contributed by atoms with E-state index in [0.717, 1.165) is 40.0 Å². The lowest BCUT2D eigenvalue weighted by molar-refractivity contribution is 0.162. The quantitative estimate of drug-likeness (QED) is 0.337. The summed E-state index contributed by atoms with van der Waals surface area (Å²) in [5, 5.41) is 22.6. The van der Waals surface area contributed by atoms with Crippen LogP contribution in [0.25, 0.3) is 0 Å². The highest BCUT2D eigenvalue weighted by Crippen LogP contribution is 1.76. The van der Waals surface area contributed by atoms with Crippen molar-refractivity contribution in [1.29, 1.82) is 0 Å². The average Bonchev–Trinajstić information content (AvgIpc) is 2.84. The van der Waals surface area contributed by atoms with Gasteiger partial charge in [-0.3, -0.25) is 0 Å². The van der Waals surface area contributed by atoms with E-state index in [1.165, 1.54) is 19.3 Å². The Balaban J connectivity index is -0.0000000252. The Morgan fingerprint density at radius 1 is 0.600 bits per heavy atom. The van der Waals surface area contributed by atoms with Gasteiger partial charge in [0, 0.05) is 74.7 Å². The van der Waals surface area contributed by atoms with Crippen molar-refractivity contribution in [3.05, 3.63) is 0 Å². The molecule has 7 heteroatoms. The fraction of sp³-hybridized carbons (Fsp3) is 1.00. The zero-order chi connectivity index (χ0) is 30.8. The summed E-state index contributed by atoms with van der Waals surface area (Å²) in [6.07, 6.45) is 4.84. The zero-order valence-electron chi connectivity index (χ0n) is 27.9. The van der Waals surface area contributed by atoms with Gasteiger partial charge in [-0.1, -0.05) is 67.7 Å². The number of aliphatic hydroxyl groups excluding tert-OH is 3. The molecule has 0 aromatic heterocycles. The van der Waals surface area contributed by atoms with Crippen molar-refractivity contribution in [1.82, 2.24) is 0 Å². The Hall–Kier alpha value is -0.280. The Kier molecular flexibility index (Phi) is 270. The Labute approximate surface area is 224 Å². The Morgan fingerprint density at radius 3 is 0.800 bits per heavy atom. The number of ether oxygens (including phenoxy) is 4. The topological polar surface area (TPSA) is 97.6 Å². The van der Waals surface area contributed by atoms with E-state index >= 15 is 0 Å². The lowest BCUT2D eigenvalue weighted by Gasteiger charge is -1.86. The van der Waals surface area contributed by atoms with Crippen LogP contribution < -0.4 is 0 Å². The summed E-state index contributed by atoms with van der Waals surface area (Å²) in [5.41, 5.74) is 0. The summed E-state index contributed by atoms with van der Waals surface area (Å²) in [6.45, 7) is 29.4. The third-order valence-electron chi connectivity index (χ3n) is 1.61. The minimum Gasteiger partial charge on any atom is -0.400 e. The van der Waals surface area contributed by atoms with Crippen LogP contribution in [-0.4, -0.2) is 90.0 Å². The second-order valence-corrected chi connectivity index (χ2v) is 5.88. The first-order valence-electron chi connectivity index (χ1n) is 13.3. The molecule has 7 nitrogen and oxygen atoms in total. The standard InChI is InChI=1S/2C4H10O.C4H10.2C3H8O.C3H8.2C2H6O.C2H6.CH4O/c1-3-4-5-2;1-3-5-4-2;2*1-3-4-2;1-3(2)4;2*1-3-2;1-2-3;2*1-2/h2*3-4H2,1-2H3;3-4H2,1-2H3;3H2,1-2H3;3-4H,1-2H3;3H2,1-2H3;1-2H3;3H,2H2,1H3;1-2H3;2H,1H3. The Morgan fingerprint density at radius 2 is 0.800 bits per heavy atom. The van der Waals surface area contributed by atoms with Crippen LogP contribution in [-0.2, 0) is 18.9 Å². The van der Waals surface area contributed by atoms with Crippen molar-refractivity contribution in [3.63, 3.8) is 0 Å². The molecule has 0 aromatic rings. The molecular formula is C28H76O7. The van der Waals surface area contributed by atoms with Crippen LogP contribution in [0.2, 0.25) is 0 Å². The SMILES string of the molecule is CC.CC(C)O.CCC.CCCC.CCCOC.CCO.CCOC.CCOCC.CO.COC. The van der Waals surface area contributed by atoms with E-state index in [1.807, 2.05) is 34.6 Å². The van der Waals surface area contributed by atoms with Gasteiger partial charge in [-0.25, -0.2) is 0 Å². The van der Waals surface area contributed by atoms with E-state index < -0.39 is 0 Å². The minimum absolute atomic E-state index is 0.167. The minimum atomic E-state index is -0.167. The highest BCUT2D eigenvalue weighted by molar-refractivity contribution is 4.20. The molecule has 0 spiro atoms. The van der Waals surface area contributed by atoms with Gasteiger partial charge in [-0.05, 0) is 48.0 Å². The van der Waals surface area contributed by atoms with Crippen molar-refractivity contribution >= 4 is 0 Å². The smallest absolute Gasteiger partial charge is 0.0483 e. The molecule has 230 valence electrons. The summed E-state index contributed by atoms with van der Waals surface area (Å²) in [4.78, 5) is 0. The molecule has 0 bridgehead atoms. The molecular weight excluding hydrogens is 448 g/mol. The largest absolute Gasteiger partial charge is 0.400 e. The van der Waals surface area contributed by atoms with E-state index in [2.05, 4.69) is 44.1 Å². The van der Waals surface area contributed by atoms with Crippen molar-refractivity contribution in [2.45, 2.75) is 122 Å². The molecule has 0 unspecified atom stereocenters. The fourth-order valence-corrected chi connectivity index (χ4v) is 0.408. The van der Waals surface area contributed by atoms with E-state index in [0.29, 0.717) is 0 Å². The second kappa shape index (κ2) is 146. The van der Waals surface area contributed by atoms with Gasteiger partial charge < -0.3 is 34.3 Å². The monoisotopic (exact) mass is 525 g/mol. The zero-order valence-corrected chi connectivity index (χ0v) is 27.9. The van der Waals surface area contributed by atoms with Crippen LogP contribution in [0.5, 0.6) is 0 Å². The summed E-state index contributed by atoms with van der Waals surface area (Å²) in [6, 6.07) is 0. The number of hydrogen-bond acceptors (Lipinski definition) is 7. The molecule has 0 heterocycles. The van der Waals surface area contributed by atoms with Crippen molar-refractivity contribution in [2.24, 2.45) is 0 Å². The average molecular weight is 525 g/mol. The highest BCUT2D eigenvalue weighted by atomic mass is 16.5. The van der Waals surface area contributed by atoms with Gasteiger partial charge in [-0.2, -0.15) is 0 Å². The number of aliphatic hydroxyl groups is 3. The molecule has 35 heavy (non-hydrogen) atoms. The maximum atomic E-state index is 8.06. The van der Waals surface area contributed by atoms with E-state index in [-0.39, 0.29) is 12.7 Å². The van der Waals surface area contributed by atoms with E-state index in [4.69, 9.17) is 24.8 Å². The third-order valence-corrected chi connectivity index (χ3v) is 1.61. The molecule has 0 amide bonds. The number of methoxy groups -OCH3 is 3. The van der Waals surface area contributed by atoms with Gasteiger partial charge in [0.25, 0.3) is 0 Å². The van der Waals surface area contributed by atoms with Crippen LogP contribution in [0.15, 0.2) is 0 Å². The van der Waals surface area contributed by atoms with Gasteiger partial charge in [0.2, 0.25) is 0 Å².